The normalized spacial score (nSPS) is 11.5. The van der Waals surface area contributed by atoms with E-state index < -0.39 is 10.0 Å². The fraction of sp³-hybridized carbons (Fsp3) is 0.316. The molecule has 2 aromatic carbocycles. The van der Waals surface area contributed by atoms with Crippen molar-refractivity contribution in [2.24, 2.45) is 0 Å². The maximum absolute atomic E-state index is 12.1. The number of aryl methyl sites for hydroxylation is 1. The van der Waals surface area contributed by atoms with Gasteiger partial charge in [-0.15, -0.1) is 0 Å². The first kappa shape index (κ1) is 19.1. The first-order valence-corrected chi connectivity index (χ1v) is 9.77. The fourth-order valence-electron chi connectivity index (χ4n) is 2.36. The summed E-state index contributed by atoms with van der Waals surface area (Å²) in [7, 11) is -3.48. The van der Waals surface area contributed by atoms with Crippen molar-refractivity contribution in [2.75, 3.05) is 0 Å². The summed E-state index contributed by atoms with van der Waals surface area (Å²) in [5, 5.41) is 2.88. The Morgan fingerprint density at radius 1 is 0.960 bits per heavy atom. The second-order valence-corrected chi connectivity index (χ2v) is 7.90. The highest BCUT2D eigenvalue weighted by Crippen LogP contribution is 2.12. The molecule has 2 N–H and O–H groups in total. The van der Waals surface area contributed by atoms with Gasteiger partial charge in [0.05, 0.1) is 4.90 Å². The maximum atomic E-state index is 12.1. The van der Waals surface area contributed by atoms with Crippen molar-refractivity contribution < 1.29 is 13.2 Å². The van der Waals surface area contributed by atoms with Crippen molar-refractivity contribution in [3.63, 3.8) is 0 Å². The van der Waals surface area contributed by atoms with E-state index in [1.165, 1.54) is 0 Å². The molecule has 0 saturated carbocycles. The Kier molecular flexibility index (Phi) is 6.73. The topological polar surface area (TPSA) is 75.3 Å². The van der Waals surface area contributed by atoms with Crippen LogP contribution in [-0.2, 0) is 27.8 Å². The Morgan fingerprint density at radius 2 is 1.60 bits per heavy atom. The highest BCUT2D eigenvalue weighted by Gasteiger charge is 2.14. The number of hydrogen-bond acceptors (Lipinski definition) is 3. The minimum atomic E-state index is -3.48. The van der Waals surface area contributed by atoms with Crippen LogP contribution in [0.2, 0.25) is 0 Å². The summed E-state index contributed by atoms with van der Waals surface area (Å²) in [5.41, 5.74) is 1.99. The van der Waals surface area contributed by atoms with Crippen LogP contribution in [0.15, 0.2) is 59.5 Å². The van der Waals surface area contributed by atoms with Crippen molar-refractivity contribution >= 4 is 15.9 Å². The third-order valence-corrected chi connectivity index (χ3v) is 5.27. The molecule has 0 aliphatic carbocycles. The van der Waals surface area contributed by atoms with Gasteiger partial charge in [0.2, 0.25) is 15.9 Å². The molecule has 6 heteroatoms. The van der Waals surface area contributed by atoms with Crippen molar-refractivity contribution in [3.8, 4) is 0 Å². The molecule has 0 aliphatic rings. The molecule has 0 bridgehead atoms. The molecule has 0 atom stereocenters. The van der Waals surface area contributed by atoms with Gasteiger partial charge in [-0.1, -0.05) is 42.5 Å². The monoisotopic (exact) mass is 360 g/mol. The molecule has 0 fully saturated rings. The van der Waals surface area contributed by atoms with Crippen molar-refractivity contribution in [1.82, 2.24) is 10.0 Å². The molecule has 2 rings (SSSR count). The van der Waals surface area contributed by atoms with Gasteiger partial charge in [-0.2, -0.15) is 0 Å². The summed E-state index contributed by atoms with van der Waals surface area (Å²) in [6.07, 6.45) is 0.932. The lowest BCUT2D eigenvalue weighted by atomic mass is 10.1. The highest BCUT2D eigenvalue weighted by atomic mass is 32.2. The lowest BCUT2D eigenvalue weighted by Gasteiger charge is -2.10. The fourth-order valence-corrected chi connectivity index (χ4v) is 3.61. The average molecular weight is 360 g/mol. The van der Waals surface area contributed by atoms with Gasteiger partial charge in [-0.05, 0) is 43.5 Å². The molecule has 0 spiro atoms. The van der Waals surface area contributed by atoms with Crippen LogP contribution in [0.4, 0.5) is 0 Å². The van der Waals surface area contributed by atoms with Crippen LogP contribution in [-0.4, -0.2) is 20.4 Å². The quantitative estimate of drug-likeness (QED) is 0.760. The first-order valence-electron chi connectivity index (χ1n) is 8.29. The van der Waals surface area contributed by atoms with E-state index in [1.54, 1.807) is 38.1 Å². The number of hydrogen-bond donors (Lipinski definition) is 2. The lowest BCUT2D eigenvalue weighted by Crippen LogP contribution is -2.30. The zero-order valence-electron chi connectivity index (χ0n) is 14.5. The zero-order chi connectivity index (χ0) is 18.3. The number of carbonyl (C=O) groups excluding carboxylic acids is 1. The molecule has 134 valence electrons. The van der Waals surface area contributed by atoms with Crippen LogP contribution < -0.4 is 10.0 Å². The number of rotatable bonds is 8. The van der Waals surface area contributed by atoms with E-state index in [-0.39, 0.29) is 16.8 Å². The van der Waals surface area contributed by atoms with Gasteiger partial charge in [-0.25, -0.2) is 13.1 Å². The van der Waals surface area contributed by atoms with Crippen LogP contribution in [0.3, 0.4) is 0 Å². The summed E-state index contributed by atoms with van der Waals surface area (Å²) in [5.74, 6) is -0.0259. The SMILES string of the molecule is CC(C)NS(=O)(=O)c1ccc(CCC(=O)NCc2ccccc2)cc1. The van der Waals surface area contributed by atoms with E-state index in [2.05, 4.69) is 10.0 Å². The molecule has 5 nitrogen and oxygen atoms in total. The number of benzene rings is 2. The predicted molar refractivity (Wildman–Crippen MR) is 98.5 cm³/mol. The summed E-state index contributed by atoms with van der Waals surface area (Å²) in [4.78, 5) is 12.2. The average Bonchev–Trinajstić information content (AvgIpc) is 2.58. The number of sulfonamides is 1. The van der Waals surface area contributed by atoms with Gasteiger partial charge in [-0.3, -0.25) is 4.79 Å². The van der Waals surface area contributed by atoms with Gasteiger partial charge in [0.15, 0.2) is 0 Å². The number of carbonyl (C=O) groups is 1. The molecule has 0 aliphatic heterocycles. The van der Waals surface area contributed by atoms with E-state index in [4.69, 9.17) is 0 Å². The third kappa shape index (κ3) is 6.32. The molecule has 0 unspecified atom stereocenters. The van der Waals surface area contributed by atoms with Gasteiger partial charge in [0, 0.05) is 19.0 Å². The van der Waals surface area contributed by atoms with Gasteiger partial charge >= 0.3 is 0 Å². The van der Waals surface area contributed by atoms with E-state index in [9.17, 15) is 13.2 Å². The second kappa shape index (κ2) is 8.78. The summed E-state index contributed by atoms with van der Waals surface area (Å²) in [6.45, 7) is 4.07. The van der Waals surface area contributed by atoms with Crippen molar-refractivity contribution in [2.45, 2.75) is 44.2 Å². The third-order valence-electron chi connectivity index (χ3n) is 3.60. The van der Waals surface area contributed by atoms with E-state index in [0.29, 0.717) is 19.4 Å². The molecule has 0 heterocycles. The van der Waals surface area contributed by atoms with E-state index in [1.807, 2.05) is 30.3 Å². The largest absolute Gasteiger partial charge is 0.352 e. The summed E-state index contributed by atoms with van der Waals surface area (Å²) < 4.78 is 26.7. The van der Waals surface area contributed by atoms with E-state index >= 15 is 0 Å². The Hall–Kier alpha value is -2.18. The van der Waals surface area contributed by atoms with Crippen LogP contribution in [0, 0.1) is 0 Å². The van der Waals surface area contributed by atoms with Crippen LogP contribution in [0.5, 0.6) is 0 Å². The van der Waals surface area contributed by atoms with Crippen molar-refractivity contribution in [1.29, 1.82) is 0 Å². The van der Waals surface area contributed by atoms with Gasteiger partial charge in [0.25, 0.3) is 0 Å². The Morgan fingerprint density at radius 3 is 2.20 bits per heavy atom. The number of nitrogens with one attached hydrogen (secondary N) is 2. The smallest absolute Gasteiger partial charge is 0.240 e. The molecule has 0 saturated heterocycles. The van der Waals surface area contributed by atoms with Crippen molar-refractivity contribution in [3.05, 3.63) is 65.7 Å². The van der Waals surface area contributed by atoms with Gasteiger partial charge < -0.3 is 5.32 Å². The van der Waals surface area contributed by atoms with Gasteiger partial charge in [0.1, 0.15) is 0 Å². The lowest BCUT2D eigenvalue weighted by molar-refractivity contribution is -0.121. The Balaban J connectivity index is 1.84. The maximum Gasteiger partial charge on any atom is 0.240 e. The molecule has 1 amide bonds. The minimum absolute atomic E-state index is 0.0259. The molecular formula is C19H24N2O3S. The predicted octanol–water partition coefficient (Wildman–Crippen LogP) is 2.62. The molecule has 25 heavy (non-hydrogen) atoms. The molecule has 2 aromatic rings. The highest BCUT2D eigenvalue weighted by molar-refractivity contribution is 7.89. The Bertz CT molecular complexity index is 785. The molecular weight excluding hydrogens is 336 g/mol. The van der Waals surface area contributed by atoms with Crippen LogP contribution in [0.1, 0.15) is 31.4 Å². The summed E-state index contributed by atoms with van der Waals surface area (Å²) in [6, 6.07) is 16.2. The molecule has 0 aromatic heterocycles. The molecule has 0 radical (unpaired) electrons. The Labute approximate surface area is 149 Å². The minimum Gasteiger partial charge on any atom is -0.352 e. The zero-order valence-corrected chi connectivity index (χ0v) is 15.3. The van der Waals surface area contributed by atoms with Crippen LogP contribution >= 0.6 is 0 Å². The van der Waals surface area contributed by atoms with E-state index in [0.717, 1.165) is 11.1 Å². The van der Waals surface area contributed by atoms with Crippen LogP contribution in [0.25, 0.3) is 0 Å². The summed E-state index contributed by atoms with van der Waals surface area (Å²) >= 11 is 0. The first-order chi connectivity index (χ1) is 11.9. The second-order valence-electron chi connectivity index (χ2n) is 6.18. The standard InChI is InChI=1S/C19H24N2O3S/c1-15(2)21-25(23,24)18-11-8-16(9-12-18)10-13-19(22)20-14-17-6-4-3-5-7-17/h3-9,11-12,15,21H,10,13-14H2,1-2H3,(H,20,22). The number of amides is 1.